The van der Waals surface area contributed by atoms with Gasteiger partial charge in [0, 0.05) is 11.1 Å². The molecule has 0 aromatic carbocycles. The molecule has 0 bridgehead atoms. The van der Waals surface area contributed by atoms with Gasteiger partial charge in [-0.3, -0.25) is 0 Å². The predicted octanol–water partition coefficient (Wildman–Crippen LogP) is 6.72. The molecule has 2 aliphatic carbocycles. The minimum atomic E-state index is -0.284. The molecule has 8 nitrogen and oxygen atoms in total. The third kappa shape index (κ3) is 12.3. The summed E-state index contributed by atoms with van der Waals surface area (Å²) < 4.78 is 11.4. The molecule has 42 heavy (non-hydrogen) atoms. The van der Waals surface area contributed by atoms with Crippen LogP contribution in [0, 0.1) is 23.7 Å². The number of carbonyl (C=O) groups is 2. The first-order valence-electron chi connectivity index (χ1n) is 16.2. The Morgan fingerprint density at radius 3 is 1.40 bits per heavy atom. The number of ether oxygens (including phenoxy) is 2. The maximum atomic E-state index is 12.7. The van der Waals surface area contributed by atoms with Gasteiger partial charge in [-0.05, 0) is 118 Å². The highest BCUT2D eigenvalue weighted by Gasteiger charge is 2.36. The summed E-state index contributed by atoms with van der Waals surface area (Å²) in [5.41, 5.74) is 1.93. The number of nitrogens with one attached hydrogen (secondary N) is 4. The Labute approximate surface area is 256 Å². The second-order valence-corrected chi connectivity index (χ2v) is 14.4. The fraction of sp³-hybridized carbons (Fsp3) is 0.824. The van der Waals surface area contributed by atoms with E-state index in [-0.39, 0.29) is 35.2 Å². The van der Waals surface area contributed by atoms with Crippen molar-refractivity contribution in [2.45, 2.75) is 130 Å². The molecule has 0 aromatic rings. The van der Waals surface area contributed by atoms with Gasteiger partial charge >= 0.3 is 12.1 Å². The van der Waals surface area contributed by atoms with Crippen molar-refractivity contribution < 1.29 is 19.1 Å². The number of urea groups is 2. The van der Waals surface area contributed by atoms with Crippen LogP contribution < -0.4 is 21.3 Å². The molecule has 0 aromatic heterocycles. The number of rotatable bonds is 15. The summed E-state index contributed by atoms with van der Waals surface area (Å²) in [6.07, 6.45) is 9.17. The molecule has 2 fully saturated rings. The monoisotopic (exact) mass is 590 g/mol. The van der Waals surface area contributed by atoms with Gasteiger partial charge in [0.2, 0.25) is 0 Å². The highest BCUT2D eigenvalue weighted by Crippen LogP contribution is 2.39. The summed E-state index contributed by atoms with van der Waals surface area (Å²) in [6.45, 7) is 26.5. The van der Waals surface area contributed by atoms with E-state index >= 15 is 0 Å². The molecular formula is C34H62N4O4. The van der Waals surface area contributed by atoms with Crippen LogP contribution in [-0.2, 0) is 9.47 Å². The quantitative estimate of drug-likeness (QED) is 0.126. The molecule has 2 rings (SSSR count). The largest absolute Gasteiger partial charge is 0.377 e. The molecule has 0 aliphatic heterocycles. The van der Waals surface area contributed by atoms with E-state index in [0.717, 1.165) is 25.7 Å². The minimum Gasteiger partial charge on any atom is -0.377 e. The molecule has 0 saturated heterocycles. The first-order valence-corrected chi connectivity index (χ1v) is 16.2. The number of hydrogen-bond acceptors (Lipinski definition) is 4. The molecular weight excluding hydrogens is 528 g/mol. The second-order valence-electron chi connectivity index (χ2n) is 14.4. The Morgan fingerprint density at radius 1 is 0.714 bits per heavy atom. The Bertz CT molecular complexity index is 830. The lowest BCUT2D eigenvalue weighted by Crippen LogP contribution is -2.55. The summed E-state index contributed by atoms with van der Waals surface area (Å²) in [6, 6.07) is -0.578. The van der Waals surface area contributed by atoms with Crippen molar-refractivity contribution in [2.75, 3.05) is 26.4 Å². The molecule has 2 aliphatic rings. The first-order chi connectivity index (χ1) is 19.6. The summed E-state index contributed by atoms with van der Waals surface area (Å²) in [5.74, 6) is 1.96. The van der Waals surface area contributed by atoms with Crippen LogP contribution >= 0.6 is 0 Å². The molecule has 6 unspecified atom stereocenters. The van der Waals surface area contributed by atoms with Crippen LogP contribution in [0.25, 0.3) is 0 Å². The van der Waals surface area contributed by atoms with Crippen LogP contribution in [0.5, 0.6) is 0 Å². The summed E-state index contributed by atoms with van der Waals surface area (Å²) in [4.78, 5) is 25.4. The average Bonchev–Trinajstić information content (AvgIpc) is 2.89. The molecule has 2 saturated carbocycles. The van der Waals surface area contributed by atoms with E-state index in [2.05, 4.69) is 76.0 Å². The van der Waals surface area contributed by atoms with Gasteiger partial charge < -0.3 is 30.7 Å². The highest BCUT2D eigenvalue weighted by molar-refractivity contribution is 5.75. The van der Waals surface area contributed by atoms with Crippen LogP contribution in [0.15, 0.2) is 24.3 Å². The SMILES string of the molecule is C=C(C)C1CCCC(C(C)(C)NC(=O)NC(C)COCCOCC(C)NC(=O)NC(C)(C)C2CCCC(C(=C)C)C2)C1. The average molecular weight is 591 g/mol. The van der Waals surface area contributed by atoms with Gasteiger partial charge in [0.1, 0.15) is 0 Å². The maximum Gasteiger partial charge on any atom is 0.315 e. The second kappa shape index (κ2) is 16.7. The van der Waals surface area contributed by atoms with E-state index in [1.807, 2.05) is 13.8 Å². The van der Waals surface area contributed by atoms with E-state index in [1.54, 1.807) is 0 Å². The summed E-state index contributed by atoms with van der Waals surface area (Å²) in [5, 5.41) is 12.4. The molecule has 6 atom stereocenters. The van der Waals surface area contributed by atoms with E-state index in [1.165, 1.54) is 36.8 Å². The predicted molar refractivity (Wildman–Crippen MR) is 173 cm³/mol. The molecule has 4 N–H and O–H groups in total. The lowest BCUT2D eigenvalue weighted by Gasteiger charge is -2.41. The van der Waals surface area contributed by atoms with E-state index in [9.17, 15) is 9.59 Å². The molecule has 8 heteroatoms. The fourth-order valence-electron chi connectivity index (χ4n) is 6.62. The van der Waals surface area contributed by atoms with E-state index < -0.39 is 0 Å². The van der Waals surface area contributed by atoms with Gasteiger partial charge in [0.15, 0.2) is 0 Å². The van der Waals surface area contributed by atoms with Crippen LogP contribution in [0.1, 0.15) is 107 Å². The van der Waals surface area contributed by atoms with Crippen molar-refractivity contribution in [3.63, 3.8) is 0 Å². The Morgan fingerprint density at radius 2 is 1.07 bits per heavy atom. The number of allylic oxidation sites excluding steroid dienone is 2. The van der Waals surface area contributed by atoms with Crippen molar-refractivity contribution in [1.29, 1.82) is 0 Å². The summed E-state index contributed by atoms with van der Waals surface area (Å²) in [7, 11) is 0. The number of amides is 4. The molecule has 0 radical (unpaired) electrons. The van der Waals surface area contributed by atoms with Gasteiger partial charge in [-0.1, -0.05) is 37.1 Å². The zero-order valence-electron chi connectivity index (χ0n) is 28.0. The highest BCUT2D eigenvalue weighted by atomic mass is 16.5. The molecule has 0 heterocycles. The number of carbonyl (C=O) groups excluding carboxylic acids is 2. The Kier molecular flexibility index (Phi) is 14.4. The van der Waals surface area contributed by atoms with Crippen LogP contribution in [-0.4, -0.2) is 61.7 Å². The van der Waals surface area contributed by atoms with Crippen molar-refractivity contribution in [1.82, 2.24) is 21.3 Å². The number of hydrogen-bond donors (Lipinski definition) is 4. The van der Waals surface area contributed by atoms with E-state index in [4.69, 9.17) is 9.47 Å². The topological polar surface area (TPSA) is 101 Å². The smallest absolute Gasteiger partial charge is 0.315 e. The third-order valence-corrected chi connectivity index (χ3v) is 9.52. The van der Waals surface area contributed by atoms with Crippen molar-refractivity contribution >= 4 is 12.1 Å². The fourth-order valence-corrected chi connectivity index (χ4v) is 6.62. The van der Waals surface area contributed by atoms with Gasteiger partial charge in [0.25, 0.3) is 0 Å². The maximum absolute atomic E-state index is 12.7. The first kappa shape index (κ1) is 36.1. The van der Waals surface area contributed by atoms with Crippen molar-refractivity contribution in [2.24, 2.45) is 23.7 Å². The Balaban J connectivity index is 1.59. The van der Waals surface area contributed by atoms with Crippen LogP contribution in [0.4, 0.5) is 9.59 Å². The zero-order valence-corrected chi connectivity index (χ0v) is 28.0. The van der Waals surface area contributed by atoms with Gasteiger partial charge in [-0.15, -0.1) is 0 Å². The normalized spacial score (nSPS) is 24.7. The standard InChI is InChI=1S/C34H62N4O4/c1-23(2)27-13-11-15-29(19-27)33(7,8)37-31(39)35-25(5)21-41-17-18-42-22-26(6)36-32(40)38-34(9,10)30-16-12-14-28(20-30)24(3)4/h25-30H,1,3,11-22H2,2,4-10H3,(H2,35,37,39)(H2,36,38,40). The van der Waals surface area contributed by atoms with Crippen LogP contribution in [0.2, 0.25) is 0 Å². The molecule has 4 amide bonds. The zero-order chi connectivity index (χ0) is 31.5. The summed E-state index contributed by atoms with van der Waals surface area (Å²) >= 11 is 0. The van der Waals surface area contributed by atoms with Crippen LogP contribution in [0.3, 0.4) is 0 Å². The van der Waals surface area contributed by atoms with Crippen molar-refractivity contribution in [3.8, 4) is 0 Å². The Hall–Kier alpha value is -2.06. The van der Waals surface area contributed by atoms with E-state index in [0.29, 0.717) is 50.1 Å². The third-order valence-electron chi connectivity index (χ3n) is 9.52. The van der Waals surface area contributed by atoms with Gasteiger partial charge in [0.05, 0.1) is 38.5 Å². The minimum absolute atomic E-state index is 0.127. The van der Waals surface area contributed by atoms with Gasteiger partial charge in [-0.2, -0.15) is 0 Å². The van der Waals surface area contributed by atoms with Gasteiger partial charge in [-0.25, -0.2) is 9.59 Å². The van der Waals surface area contributed by atoms with Crippen molar-refractivity contribution in [3.05, 3.63) is 24.3 Å². The molecule has 0 spiro atoms. The lowest BCUT2D eigenvalue weighted by molar-refractivity contribution is 0.0359. The molecule has 242 valence electrons. The lowest BCUT2D eigenvalue weighted by atomic mass is 9.71.